The molecule has 2 aromatic rings. The molecule has 1 aliphatic carbocycles. The first-order valence-electron chi connectivity index (χ1n) is 10.1. The van der Waals surface area contributed by atoms with Crippen molar-refractivity contribution in [3.63, 3.8) is 0 Å². The summed E-state index contributed by atoms with van der Waals surface area (Å²) < 4.78 is 0. The van der Waals surface area contributed by atoms with Gasteiger partial charge in [0.1, 0.15) is 0 Å². The Morgan fingerprint density at radius 3 is 1.90 bits per heavy atom. The second kappa shape index (κ2) is 8.59. The van der Waals surface area contributed by atoms with E-state index < -0.39 is 16.9 Å². The molecule has 0 aromatic heterocycles. The standard InChI is InChI=1S/C26H26N2O2/c1-19(2)26(16-15-23(27-17-29)20(3)24(26)28-18-30)25(4,21-11-7-5-8-12-21)22-13-9-6-10-14-22/h5-16,19,24H,1-4H3. The molecule has 0 N–H and O–H groups in total. The van der Waals surface area contributed by atoms with Crippen molar-refractivity contribution in [3.05, 3.63) is 95.2 Å². The van der Waals surface area contributed by atoms with Crippen LogP contribution >= 0.6 is 0 Å². The maximum absolute atomic E-state index is 11.5. The van der Waals surface area contributed by atoms with Crippen molar-refractivity contribution in [1.29, 1.82) is 0 Å². The van der Waals surface area contributed by atoms with Gasteiger partial charge < -0.3 is 0 Å². The van der Waals surface area contributed by atoms with Crippen LogP contribution in [0.1, 0.15) is 38.8 Å². The number of benzene rings is 2. The zero-order valence-electron chi connectivity index (χ0n) is 17.8. The minimum Gasteiger partial charge on any atom is -0.211 e. The van der Waals surface area contributed by atoms with Crippen LogP contribution in [0.15, 0.2) is 94.1 Å². The SMILES string of the molecule is CC1=C(N=C=O)C=CC(C(C)C)(C(C)(c2ccccc2)c2ccccc2)C1N=C=O. The van der Waals surface area contributed by atoms with Gasteiger partial charge in [-0.05, 0) is 35.6 Å². The molecule has 30 heavy (non-hydrogen) atoms. The second-order valence-electron chi connectivity index (χ2n) is 8.17. The summed E-state index contributed by atoms with van der Waals surface area (Å²) in [7, 11) is 0. The van der Waals surface area contributed by atoms with Crippen molar-refractivity contribution >= 4 is 12.2 Å². The van der Waals surface area contributed by atoms with Gasteiger partial charge in [0.2, 0.25) is 12.2 Å². The molecule has 0 amide bonds. The first-order valence-corrected chi connectivity index (χ1v) is 10.1. The summed E-state index contributed by atoms with van der Waals surface area (Å²) in [6, 6.07) is 20.0. The Morgan fingerprint density at radius 2 is 1.47 bits per heavy atom. The largest absolute Gasteiger partial charge is 0.240 e. The number of allylic oxidation sites excluding steroid dienone is 1. The van der Waals surface area contributed by atoms with E-state index in [4.69, 9.17) is 0 Å². The maximum Gasteiger partial charge on any atom is 0.240 e. The average molecular weight is 399 g/mol. The zero-order chi connectivity index (χ0) is 21.8. The fourth-order valence-corrected chi connectivity index (χ4v) is 5.10. The monoisotopic (exact) mass is 398 g/mol. The molecule has 0 spiro atoms. The Labute approximate surface area is 177 Å². The summed E-state index contributed by atoms with van der Waals surface area (Å²) in [6.45, 7) is 8.36. The molecule has 0 radical (unpaired) electrons. The fourth-order valence-electron chi connectivity index (χ4n) is 5.10. The van der Waals surface area contributed by atoms with Gasteiger partial charge in [-0.25, -0.2) is 9.59 Å². The van der Waals surface area contributed by atoms with Crippen LogP contribution in [0.4, 0.5) is 0 Å². The molecule has 0 aliphatic heterocycles. The van der Waals surface area contributed by atoms with Crippen molar-refractivity contribution < 1.29 is 9.59 Å². The van der Waals surface area contributed by atoms with Crippen molar-refractivity contribution in [3.8, 4) is 0 Å². The molecule has 152 valence electrons. The molecule has 2 atom stereocenters. The molecule has 0 saturated carbocycles. The third-order valence-electron chi connectivity index (χ3n) is 6.66. The van der Waals surface area contributed by atoms with E-state index in [9.17, 15) is 9.59 Å². The number of isocyanates is 2. The number of aliphatic imine (C=N–C) groups is 2. The van der Waals surface area contributed by atoms with Crippen LogP contribution in [0.2, 0.25) is 0 Å². The van der Waals surface area contributed by atoms with E-state index >= 15 is 0 Å². The fraction of sp³-hybridized carbons (Fsp3) is 0.308. The van der Waals surface area contributed by atoms with E-state index in [1.165, 1.54) is 0 Å². The lowest BCUT2D eigenvalue weighted by atomic mass is 9.49. The van der Waals surface area contributed by atoms with Crippen LogP contribution < -0.4 is 0 Å². The normalized spacial score (nSPS) is 21.2. The highest BCUT2D eigenvalue weighted by Gasteiger charge is 2.57. The molecule has 0 bridgehead atoms. The maximum atomic E-state index is 11.5. The number of hydrogen-bond donors (Lipinski definition) is 0. The summed E-state index contributed by atoms with van der Waals surface area (Å²) in [5.74, 6) is 0.0953. The Balaban J connectivity index is 2.43. The van der Waals surface area contributed by atoms with Crippen LogP contribution in [0.3, 0.4) is 0 Å². The van der Waals surface area contributed by atoms with Gasteiger partial charge >= 0.3 is 0 Å². The Bertz CT molecular complexity index is 1020. The van der Waals surface area contributed by atoms with Gasteiger partial charge in [0.15, 0.2) is 0 Å². The average Bonchev–Trinajstić information content (AvgIpc) is 2.77. The molecule has 4 nitrogen and oxygen atoms in total. The topological polar surface area (TPSA) is 58.9 Å². The minimum atomic E-state index is -0.598. The predicted octanol–water partition coefficient (Wildman–Crippen LogP) is 5.52. The first kappa shape index (κ1) is 21.4. The lowest BCUT2D eigenvalue weighted by Crippen LogP contribution is -2.55. The summed E-state index contributed by atoms with van der Waals surface area (Å²) in [4.78, 5) is 30.6. The van der Waals surface area contributed by atoms with Gasteiger partial charge in [0.05, 0.1) is 11.7 Å². The van der Waals surface area contributed by atoms with Crippen LogP contribution in [-0.2, 0) is 15.0 Å². The number of hydrogen-bond acceptors (Lipinski definition) is 4. The molecular formula is C26H26N2O2. The molecule has 4 heteroatoms. The Morgan fingerprint density at radius 1 is 0.933 bits per heavy atom. The molecule has 0 heterocycles. The lowest BCUT2D eigenvalue weighted by molar-refractivity contribution is 0.129. The van der Waals surface area contributed by atoms with Gasteiger partial charge in [-0.3, -0.25) is 0 Å². The van der Waals surface area contributed by atoms with Gasteiger partial charge in [0, 0.05) is 10.8 Å². The van der Waals surface area contributed by atoms with Crippen molar-refractivity contribution in [2.24, 2.45) is 21.3 Å². The predicted molar refractivity (Wildman–Crippen MR) is 118 cm³/mol. The van der Waals surface area contributed by atoms with Gasteiger partial charge in [-0.2, -0.15) is 9.98 Å². The molecule has 2 aromatic carbocycles. The quantitative estimate of drug-likeness (QED) is 0.475. The van der Waals surface area contributed by atoms with Crippen molar-refractivity contribution in [2.45, 2.75) is 39.2 Å². The lowest BCUT2D eigenvalue weighted by Gasteiger charge is -2.54. The van der Waals surface area contributed by atoms with Gasteiger partial charge in [-0.1, -0.05) is 87.5 Å². The van der Waals surface area contributed by atoms with Crippen LogP contribution in [0.5, 0.6) is 0 Å². The van der Waals surface area contributed by atoms with E-state index in [1.807, 2.05) is 49.4 Å². The summed E-state index contributed by atoms with van der Waals surface area (Å²) in [5.41, 5.74) is 2.37. The van der Waals surface area contributed by atoms with Crippen molar-refractivity contribution in [1.82, 2.24) is 0 Å². The second-order valence-corrected chi connectivity index (χ2v) is 8.17. The van der Waals surface area contributed by atoms with Crippen molar-refractivity contribution in [2.75, 3.05) is 0 Å². The highest BCUT2D eigenvalue weighted by Crippen LogP contribution is 2.58. The van der Waals surface area contributed by atoms with E-state index in [-0.39, 0.29) is 5.92 Å². The number of nitrogens with zero attached hydrogens (tertiary/aromatic N) is 2. The highest BCUT2D eigenvalue weighted by atomic mass is 16.1. The van der Waals surface area contributed by atoms with Gasteiger partial charge in [0.25, 0.3) is 0 Å². The van der Waals surface area contributed by atoms with E-state index in [0.717, 1.165) is 16.7 Å². The van der Waals surface area contributed by atoms with Crippen LogP contribution in [0.25, 0.3) is 0 Å². The molecule has 2 unspecified atom stereocenters. The highest BCUT2D eigenvalue weighted by molar-refractivity contribution is 5.53. The van der Waals surface area contributed by atoms with E-state index in [0.29, 0.717) is 5.70 Å². The van der Waals surface area contributed by atoms with E-state index in [1.54, 1.807) is 12.2 Å². The zero-order valence-corrected chi connectivity index (χ0v) is 17.8. The first-order chi connectivity index (χ1) is 14.4. The third-order valence-corrected chi connectivity index (χ3v) is 6.66. The minimum absolute atomic E-state index is 0.0953. The smallest absolute Gasteiger partial charge is 0.211 e. The Hall–Kier alpha value is -3.32. The van der Waals surface area contributed by atoms with Crippen LogP contribution in [0, 0.1) is 11.3 Å². The Kier molecular flexibility index (Phi) is 6.12. The molecule has 0 fully saturated rings. The molecular weight excluding hydrogens is 372 g/mol. The number of carbonyl (C=O) groups excluding carboxylic acids is 2. The van der Waals surface area contributed by atoms with E-state index in [2.05, 4.69) is 61.1 Å². The van der Waals surface area contributed by atoms with Gasteiger partial charge in [-0.15, -0.1) is 0 Å². The summed E-state index contributed by atoms with van der Waals surface area (Å²) >= 11 is 0. The third kappa shape index (κ3) is 3.21. The molecule has 1 aliphatic rings. The summed E-state index contributed by atoms with van der Waals surface area (Å²) in [6.07, 6.45) is 7.33. The molecule has 3 rings (SSSR count). The van der Waals surface area contributed by atoms with Crippen LogP contribution in [-0.4, -0.2) is 18.2 Å². The molecule has 0 saturated heterocycles. The summed E-state index contributed by atoms with van der Waals surface area (Å²) in [5, 5.41) is 0. The number of rotatable bonds is 6.